The van der Waals surface area contributed by atoms with Gasteiger partial charge in [-0.1, -0.05) is 0 Å². The molecule has 0 aliphatic heterocycles. The van der Waals surface area contributed by atoms with Gasteiger partial charge in [-0.3, -0.25) is 4.79 Å². The molecular weight excluding hydrogens is 415 g/mol. The lowest BCUT2D eigenvalue weighted by Crippen LogP contribution is -2.37. The highest BCUT2D eigenvalue weighted by molar-refractivity contribution is 9.10. The number of benzene rings is 1. The lowest BCUT2D eigenvalue weighted by Gasteiger charge is -2.27. The van der Waals surface area contributed by atoms with E-state index in [4.69, 9.17) is 10.9 Å². The Hall–Kier alpha value is -1.36. The number of carbonyl (C=O) groups is 1. The van der Waals surface area contributed by atoms with E-state index in [9.17, 15) is 17.6 Å². The fourth-order valence-corrected chi connectivity index (χ4v) is 3.66. The van der Waals surface area contributed by atoms with Gasteiger partial charge < -0.3 is 5.73 Å². The van der Waals surface area contributed by atoms with Crippen molar-refractivity contribution in [3.8, 4) is 0 Å². The molecule has 7 nitrogen and oxygen atoms in total. The van der Waals surface area contributed by atoms with Crippen LogP contribution in [0.2, 0.25) is 0 Å². The van der Waals surface area contributed by atoms with E-state index >= 15 is 0 Å². The molecule has 1 aromatic rings. The SMILES string of the molecule is NC(=Nc1ccc(F)c(Br)c1)C(=O)C1CCC(CNS(N)(=O)=O)CC1. The summed E-state index contributed by atoms with van der Waals surface area (Å²) in [5, 5.41) is 4.91. The number of halogens is 2. The highest BCUT2D eigenvalue weighted by Crippen LogP contribution is 2.29. The summed E-state index contributed by atoms with van der Waals surface area (Å²) in [7, 11) is -3.69. The highest BCUT2D eigenvalue weighted by Gasteiger charge is 2.28. The first-order valence-corrected chi connectivity index (χ1v) is 10.1. The van der Waals surface area contributed by atoms with Crippen LogP contribution in [0.5, 0.6) is 0 Å². The molecule has 1 saturated carbocycles. The molecule has 0 saturated heterocycles. The second-order valence-corrected chi connectivity index (χ2v) is 8.30. The van der Waals surface area contributed by atoms with Crippen LogP contribution in [0, 0.1) is 17.7 Å². The van der Waals surface area contributed by atoms with Crippen LogP contribution in [0.15, 0.2) is 27.7 Å². The smallest absolute Gasteiger partial charge is 0.274 e. The molecule has 0 unspecified atom stereocenters. The quantitative estimate of drug-likeness (QED) is 0.465. The molecule has 0 heterocycles. The number of amidine groups is 1. The normalized spacial score (nSPS) is 22.0. The number of rotatable bonds is 6. The Morgan fingerprint density at radius 2 is 1.96 bits per heavy atom. The molecule has 138 valence electrons. The zero-order valence-electron chi connectivity index (χ0n) is 13.4. The molecule has 0 spiro atoms. The van der Waals surface area contributed by atoms with Gasteiger partial charge in [0.05, 0.1) is 10.2 Å². The molecule has 0 radical (unpaired) electrons. The number of carbonyl (C=O) groups excluding carboxylic acids is 1. The summed E-state index contributed by atoms with van der Waals surface area (Å²) in [5.74, 6) is -0.856. The first-order valence-electron chi connectivity index (χ1n) is 7.76. The Balaban J connectivity index is 1.92. The van der Waals surface area contributed by atoms with Gasteiger partial charge in [0.2, 0.25) is 5.78 Å². The van der Waals surface area contributed by atoms with Crippen LogP contribution >= 0.6 is 15.9 Å². The molecule has 25 heavy (non-hydrogen) atoms. The molecule has 1 aliphatic carbocycles. The maximum Gasteiger partial charge on any atom is 0.274 e. The van der Waals surface area contributed by atoms with Crippen molar-refractivity contribution in [1.29, 1.82) is 0 Å². The van der Waals surface area contributed by atoms with Crippen LogP contribution in [-0.4, -0.2) is 26.6 Å². The van der Waals surface area contributed by atoms with Crippen molar-refractivity contribution < 1.29 is 17.6 Å². The average molecular weight is 435 g/mol. The number of ketones is 1. The lowest BCUT2D eigenvalue weighted by atomic mass is 9.80. The predicted molar refractivity (Wildman–Crippen MR) is 96.9 cm³/mol. The van der Waals surface area contributed by atoms with Gasteiger partial charge in [0, 0.05) is 12.5 Å². The number of nitrogens with one attached hydrogen (secondary N) is 1. The largest absolute Gasteiger partial charge is 0.381 e. The molecule has 1 fully saturated rings. The third kappa shape index (κ3) is 6.14. The van der Waals surface area contributed by atoms with Gasteiger partial charge in [-0.15, -0.1) is 0 Å². The first-order chi connectivity index (χ1) is 11.7. The van der Waals surface area contributed by atoms with E-state index in [2.05, 4.69) is 25.6 Å². The average Bonchev–Trinajstić information content (AvgIpc) is 2.55. The molecule has 0 atom stereocenters. The van der Waals surface area contributed by atoms with E-state index in [-0.39, 0.29) is 34.5 Å². The monoisotopic (exact) mass is 434 g/mol. The van der Waals surface area contributed by atoms with Gasteiger partial charge in [0.15, 0.2) is 5.84 Å². The van der Waals surface area contributed by atoms with Crippen molar-refractivity contribution in [2.45, 2.75) is 25.7 Å². The van der Waals surface area contributed by atoms with E-state index in [0.717, 1.165) is 0 Å². The summed E-state index contributed by atoms with van der Waals surface area (Å²) >= 11 is 3.06. The topological polar surface area (TPSA) is 128 Å². The van der Waals surface area contributed by atoms with E-state index in [0.29, 0.717) is 31.4 Å². The van der Waals surface area contributed by atoms with Crippen LogP contribution in [-0.2, 0) is 15.0 Å². The molecule has 0 aromatic heterocycles. The molecular formula is C15H20BrFN4O3S. The Morgan fingerprint density at radius 1 is 1.32 bits per heavy atom. The van der Waals surface area contributed by atoms with Crippen molar-refractivity contribution in [1.82, 2.24) is 4.72 Å². The zero-order valence-corrected chi connectivity index (χ0v) is 15.8. The van der Waals surface area contributed by atoms with E-state index in [1.165, 1.54) is 18.2 Å². The summed E-state index contributed by atoms with van der Waals surface area (Å²) in [6, 6.07) is 4.13. The standard InChI is InChI=1S/C15H20BrFN4O3S/c16-12-7-11(5-6-13(12)17)21-15(18)14(22)10-3-1-9(2-4-10)8-20-25(19,23)24/h5-7,9-10,20H,1-4,8H2,(H2,18,21)(H2,19,23,24). The number of nitrogens with two attached hydrogens (primary N) is 2. The zero-order chi connectivity index (χ0) is 18.6. The molecule has 0 amide bonds. The van der Waals surface area contributed by atoms with E-state index < -0.39 is 16.0 Å². The predicted octanol–water partition coefficient (Wildman–Crippen LogP) is 1.75. The molecule has 0 bridgehead atoms. The highest BCUT2D eigenvalue weighted by atomic mass is 79.9. The Kier molecular flexibility index (Phi) is 6.66. The second-order valence-electron chi connectivity index (χ2n) is 6.07. The molecule has 2 rings (SSSR count). The fourth-order valence-electron chi connectivity index (χ4n) is 2.82. The fraction of sp³-hybridized carbons (Fsp3) is 0.467. The Bertz CT molecular complexity index is 777. The number of nitrogens with zero attached hydrogens (tertiary/aromatic N) is 1. The minimum absolute atomic E-state index is 0.107. The molecule has 1 aliphatic rings. The number of aliphatic imine (C=N–C) groups is 1. The molecule has 10 heteroatoms. The van der Waals surface area contributed by atoms with E-state index in [1.807, 2.05) is 0 Å². The minimum atomic E-state index is -3.69. The van der Waals surface area contributed by atoms with Gasteiger partial charge in [0.25, 0.3) is 10.2 Å². The van der Waals surface area contributed by atoms with Gasteiger partial charge in [0.1, 0.15) is 5.82 Å². The maximum absolute atomic E-state index is 13.2. The summed E-state index contributed by atoms with van der Waals surface area (Å²) < 4.78 is 37.6. The third-order valence-corrected chi connectivity index (χ3v) is 5.37. The third-order valence-electron chi connectivity index (χ3n) is 4.20. The number of hydrogen-bond acceptors (Lipinski definition) is 4. The summed E-state index contributed by atoms with van der Waals surface area (Å²) in [5.41, 5.74) is 6.20. The van der Waals surface area contributed by atoms with Crippen molar-refractivity contribution in [3.63, 3.8) is 0 Å². The summed E-state index contributed by atoms with van der Waals surface area (Å²) in [6.45, 7) is 0.271. The first kappa shape index (κ1) is 20.0. The van der Waals surface area contributed by atoms with Crippen molar-refractivity contribution >= 4 is 43.4 Å². The molecule has 5 N–H and O–H groups in total. The van der Waals surface area contributed by atoms with Gasteiger partial charge in [-0.25, -0.2) is 19.2 Å². The Labute approximate surface area is 154 Å². The van der Waals surface area contributed by atoms with Crippen molar-refractivity contribution in [2.24, 2.45) is 27.7 Å². The molecule has 1 aromatic carbocycles. The summed E-state index contributed by atoms with van der Waals surface area (Å²) in [4.78, 5) is 16.5. The van der Waals surface area contributed by atoms with Crippen molar-refractivity contribution in [3.05, 3.63) is 28.5 Å². The van der Waals surface area contributed by atoms with Gasteiger partial charge in [-0.05, 0) is 65.7 Å². The van der Waals surface area contributed by atoms with Gasteiger partial charge >= 0.3 is 0 Å². The van der Waals surface area contributed by atoms with Crippen LogP contribution < -0.4 is 15.6 Å². The second kappa shape index (κ2) is 8.35. The van der Waals surface area contributed by atoms with Crippen LogP contribution in [0.4, 0.5) is 10.1 Å². The van der Waals surface area contributed by atoms with E-state index in [1.54, 1.807) is 0 Å². The maximum atomic E-state index is 13.2. The number of hydrogen-bond donors (Lipinski definition) is 3. The van der Waals surface area contributed by atoms with Crippen molar-refractivity contribution in [2.75, 3.05) is 6.54 Å². The van der Waals surface area contributed by atoms with Crippen LogP contribution in [0.25, 0.3) is 0 Å². The lowest BCUT2D eigenvalue weighted by molar-refractivity contribution is -0.117. The Morgan fingerprint density at radius 3 is 2.52 bits per heavy atom. The van der Waals surface area contributed by atoms with Crippen LogP contribution in [0.1, 0.15) is 25.7 Å². The summed E-state index contributed by atoms with van der Waals surface area (Å²) in [6.07, 6.45) is 2.63. The van der Waals surface area contributed by atoms with Gasteiger partial charge in [-0.2, -0.15) is 8.42 Å². The van der Waals surface area contributed by atoms with Crippen LogP contribution in [0.3, 0.4) is 0 Å². The minimum Gasteiger partial charge on any atom is -0.381 e. The number of Topliss-reactive ketones (excluding diaryl/α,β-unsaturated/α-hetero) is 1.